The van der Waals surface area contributed by atoms with Crippen molar-refractivity contribution in [3.63, 3.8) is 0 Å². The minimum atomic E-state index is -0.323. The largest absolute Gasteiger partial charge is 0.493 e. The number of benzene rings is 2. The number of aromatic nitrogens is 1. The molecular formula is C24H26ClN3O4S. The number of nitrogens with one attached hydrogen (secondary N) is 2. The van der Waals surface area contributed by atoms with Gasteiger partial charge in [0.05, 0.1) is 7.11 Å². The Labute approximate surface area is 202 Å². The molecule has 0 bridgehead atoms. The molecule has 2 N–H and O–H groups in total. The lowest BCUT2D eigenvalue weighted by Crippen LogP contribution is -2.34. The molecule has 0 unspecified atom stereocenters. The first-order valence-electron chi connectivity index (χ1n) is 10.4. The van der Waals surface area contributed by atoms with E-state index in [4.69, 9.17) is 21.1 Å². The van der Waals surface area contributed by atoms with Gasteiger partial charge >= 0.3 is 0 Å². The van der Waals surface area contributed by atoms with Gasteiger partial charge in [0.25, 0.3) is 11.8 Å². The van der Waals surface area contributed by atoms with Crippen molar-refractivity contribution < 1.29 is 19.1 Å². The van der Waals surface area contributed by atoms with Crippen LogP contribution >= 0.6 is 22.9 Å². The second-order valence-electron chi connectivity index (χ2n) is 7.72. The Kier molecular flexibility index (Phi) is 8.30. The average molecular weight is 488 g/mol. The standard InChI is InChI=1S/C24H26ClN3O4S/c1-14(2)27-22(29)13-32-20-8-7-17(11-21(20)31-4)23(30)28-24-26-12-18(33-24)9-16-6-5-15(3)19(25)10-16/h5-8,10-12,14H,9,13H2,1-4H3,(H,27,29)(H,26,28,30). The highest BCUT2D eigenvalue weighted by Gasteiger charge is 2.14. The number of carbonyl (C=O) groups excluding carboxylic acids is 2. The average Bonchev–Trinajstić information content (AvgIpc) is 3.20. The normalized spacial score (nSPS) is 10.7. The van der Waals surface area contributed by atoms with Gasteiger partial charge in [0.1, 0.15) is 0 Å². The Balaban J connectivity index is 1.63. The number of rotatable bonds is 9. The number of nitrogens with zero attached hydrogens (tertiary/aromatic N) is 1. The first kappa shape index (κ1) is 24.5. The quantitative estimate of drug-likeness (QED) is 0.450. The lowest BCUT2D eigenvalue weighted by molar-refractivity contribution is -0.123. The second-order valence-corrected chi connectivity index (χ2v) is 9.25. The summed E-state index contributed by atoms with van der Waals surface area (Å²) in [6.45, 7) is 5.56. The summed E-state index contributed by atoms with van der Waals surface area (Å²) in [6.07, 6.45) is 2.42. The fourth-order valence-electron chi connectivity index (χ4n) is 3.00. The van der Waals surface area contributed by atoms with E-state index in [1.165, 1.54) is 18.4 Å². The summed E-state index contributed by atoms with van der Waals surface area (Å²) in [5.74, 6) is 0.176. The van der Waals surface area contributed by atoms with Crippen molar-refractivity contribution in [1.29, 1.82) is 0 Å². The molecule has 3 rings (SSSR count). The molecule has 0 saturated carbocycles. The molecule has 2 amide bonds. The molecule has 0 aliphatic rings. The predicted molar refractivity (Wildman–Crippen MR) is 131 cm³/mol. The zero-order valence-electron chi connectivity index (χ0n) is 18.9. The van der Waals surface area contributed by atoms with E-state index in [1.54, 1.807) is 24.4 Å². The van der Waals surface area contributed by atoms with Gasteiger partial charge in [-0.1, -0.05) is 23.7 Å². The van der Waals surface area contributed by atoms with Crippen LogP contribution in [0.2, 0.25) is 5.02 Å². The molecule has 33 heavy (non-hydrogen) atoms. The number of amides is 2. The molecule has 2 aromatic carbocycles. The molecule has 3 aromatic rings. The monoisotopic (exact) mass is 487 g/mol. The number of halogens is 1. The number of thiazole rings is 1. The van der Waals surface area contributed by atoms with E-state index in [0.29, 0.717) is 28.6 Å². The minimum Gasteiger partial charge on any atom is -0.493 e. The zero-order chi connectivity index (χ0) is 24.0. The molecule has 7 nitrogen and oxygen atoms in total. The van der Waals surface area contributed by atoms with Crippen molar-refractivity contribution in [3.05, 3.63) is 69.2 Å². The minimum absolute atomic E-state index is 0.0233. The van der Waals surface area contributed by atoms with Crippen molar-refractivity contribution in [1.82, 2.24) is 10.3 Å². The topological polar surface area (TPSA) is 89.6 Å². The summed E-state index contributed by atoms with van der Waals surface area (Å²) in [4.78, 5) is 29.8. The predicted octanol–water partition coefficient (Wildman–Crippen LogP) is 4.86. The Morgan fingerprint density at radius 2 is 1.94 bits per heavy atom. The van der Waals surface area contributed by atoms with Crippen LogP contribution in [0, 0.1) is 6.92 Å². The van der Waals surface area contributed by atoms with E-state index in [1.807, 2.05) is 39.0 Å². The molecule has 0 atom stereocenters. The summed E-state index contributed by atoms with van der Waals surface area (Å²) >= 11 is 7.61. The first-order valence-corrected chi connectivity index (χ1v) is 11.6. The summed E-state index contributed by atoms with van der Waals surface area (Å²) in [5.41, 5.74) is 2.49. The number of ether oxygens (including phenoxy) is 2. The van der Waals surface area contributed by atoms with Crippen molar-refractivity contribution in [2.45, 2.75) is 33.2 Å². The van der Waals surface area contributed by atoms with E-state index < -0.39 is 0 Å². The number of methoxy groups -OCH3 is 1. The maximum absolute atomic E-state index is 12.7. The molecule has 0 fully saturated rings. The van der Waals surface area contributed by atoms with Gasteiger partial charge in [-0.25, -0.2) is 4.98 Å². The molecule has 174 valence electrons. The maximum Gasteiger partial charge on any atom is 0.258 e. The molecule has 0 saturated heterocycles. The van der Waals surface area contributed by atoms with Crippen LogP contribution in [0.4, 0.5) is 5.13 Å². The molecule has 0 spiro atoms. The van der Waals surface area contributed by atoms with Gasteiger partial charge < -0.3 is 14.8 Å². The van der Waals surface area contributed by atoms with Gasteiger partial charge in [-0.15, -0.1) is 11.3 Å². The van der Waals surface area contributed by atoms with Crippen molar-refractivity contribution >= 4 is 39.9 Å². The molecular weight excluding hydrogens is 462 g/mol. The lowest BCUT2D eigenvalue weighted by atomic mass is 10.1. The van der Waals surface area contributed by atoms with E-state index >= 15 is 0 Å². The van der Waals surface area contributed by atoms with Crippen LogP contribution in [-0.2, 0) is 11.2 Å². The zero-order valence-corrected chi connectivity index (χ0v) is 20.5. The van der Waals surface area contributed by atoms with E-state index in [-0.39, 0.29) is 24.5 Å². The molecule has 0 aliphatic heterocycles. The maximum atomic E-state index is 12.7. The Morgan fingerprint density at radius 3 is 2.64 bits per heavy atom. The molecule has 0 aliphatic carbocycles. The number of hydrogen-bond donors (Lipinski definition) is 2. The van der Waals surface area contributed by atoms with Gasteiger partial charge in [-0.3, -0.25) is 14.9 Å². The number of aryl methyl sites for hydroxylation is 1. The van der Waals surface area contributed by atoms with Crippen LogP contribution in [0.5, 0.6) is 11.5 Å². The summed E-state index contributed by atoms with van der Waals surface area (Å²) in [5, 5.41) is 6.79. The lowest BCUT2D eigenvalue weighted by Gasteiger charge is -2.13. The van der Waals surface area contributed by atoms with Crippen LogP contribution in [-0.4, -0.2) is 36.6 Å². The van der Waals surface area contributed by atoms with Crippen LogP contribution < -0.4 is 20.1 Å². The fraction of sp³-hybridized carbons (Fsp3) is 0.292. The van der Waals surface area contributed by atoms with Crippen LogP contribution in [0.15, 0.2) is 42.6 Å². The third-order valence-corrected chi connectivity index (χ3v) is 5.94. The van der Waals surface area contributed by atoms with Gasteiger partial charge in [-0.2, -0.15) is 0 Å². The van der Waals surface area contributed by atoms with E-state index in [9.17, 15) is 9.59 Å². The van der Waals surface area contributed by atoms with Crippen LogP contribution in [0.1, 0.15) is 40.2 Å². The first-order chi connectivity index (χ1) is 15.7. The molecule has 9 heteroatoms. The summed E-state index contributed by atoms with van der Waals surface area (Å²) in [6, 6.07) is 10.8. The number of hydrogen-bond acceptors (Lipinski definition) is 6. The number of anilines is 1. The van der Waals surface area contributed by atoms with Gasteiger partial charge in [0.2, 0.25) is 0 Å². The molecule has 1 aromatic heterocycles. The highest BCUT2D eigenvalue weighted by molar-refractivity contribution is 7.15. The van der Waals surface area contributed by atoms with E-state index in [2.05, 4.69) is 15.6 Å². The van der Waals surface area contributed by atoms with Crippen molar-refractivity contribution in [3.8, 4) is 11.5 Å². The highest BCUT2D eigenvalue weighted by atomic mass is 35.5. The highest BCUT2D eigenvalue weighted by Crippen LogP contribution is 2.29. The number of carbonyl (C=O) groups is 2. The Bertz CT molecular complexity index is 1150. The third kappa shape index (κ3) is 6.94. The van der Waals surface area contributed by atoms with Gasteiger partial charge in [-0.05, 0) is 56.2 Å². The van der Waals surface area contributed by atoms with Crippen LogP contribution in [0.3, 0.4) is 0 Å². The summed E-state index contributed by atoms with van der Waals surface area (Å²) < 4.78 is 10.9. The van der Waals surface area contributed by atoms with Gasteiger partial charge in [0.15, 0.2) is 23.2 Å². The Hall–Kier alpha value is -3.10. The second kappa shape index (κ2) is 11.2. The smallest absolute Gasteiger partial charge is 0.258 e. The molecule has 1 heterocycles. The van der Waals surface area contributed by atoms with Gasteiger partial charge in [0, 0.05) is 34.1 Å². The van der Waals surface area contributed by atoms with Crippen LogP contribution in [0.25, 0.3) is 0 Å². The van der Waals surface area contributed by atoms with Crippen molar-refractivity contribution in [2.75, 3.05) is 19.0 Å². The molecule has 0 radical (unpaired) electrons. The van der Waals surface area contributed by atoms with Crippen molar-refractivity contribution in [2.24, 2.45) is 0 Å². The third-order valence-electron chi connectivity index (χ3n) is 4.62. The SMILES string of the molecule is COc1cc(C(=O)Nc2ncc(Cc3ccc(C)c(Cl)c3)s2)ccc1OCC(=O)NC(C)C. The fourth-order valence-corrected chi connectivity index (χ4v) is 4.04. The summed E-state index contributed by atoms with van der Waals surface area (Å²) in [7, 11) is 1.47. The van der Waals surface area contributed by atoms with E-state index in [0.717, 1.165) is 21.0 Å². The Morgan fingerprint density at radius 1 is 1.15 bits per heavy atom.